The molecular formula is C11H14N2O4. The number of H-pyrrole nitrogens is 1. The van der Waals surface area contributed by atoms with Crippen molar-refractivity contribution in [3.8, 4) is 0 Å². The molecule has 0 aliphatic carbocycles. The van der Waals surface area contributed by atoms with Gasteiger partial charge in [-0.3, -0.25) is 9.59 Å². The van der Waals surface area contributed by atoms with Gasteiger partial charge in [0.25, 0.3) is 5.91 Å². The van der Waals surface area contributed by atoms with Crippen molar-refractivity contribution in [1.29, 1.82) is 0 Å². The molecule has 0 spiro atoms. The van der Waals surface area contributed by atoms with Gasteiger partial charge in [-0.2, -0.15) is 0 Å². The van der Waals surface area contributed by atoms with Gasteiger partial charge in [0, 0.05) is 19.3 Å². The topological polar surface area (TPSA) is 90.5 Å². The lowest BCUT2D eigenvalue weighted by Gasteiger charge is -2.22. The van der Waals surface area contributed by atoms with E-state index in [1.807, 2.05) is 0 Å². The number of carboxylic acids is 1. The summed E-state index contributed by atoms with van der Waals surface area (Å²) in [5, 5.41) is 8.81. The molecule has 1 heterocycles. The second kappa shape index (κ2) is 4.82. The summed E-state index contributed by atoms with van der Waals surface area (Å²) >= 11 is 0. The summed E-state index contributed by atoms with van der Waals surface area (Å²) < 4.78 is 0. The Balaban J connectivity index is 3.04. The number of carboxylic acid groups (broad SMARTS) is 1. The lowest BCUT2D eigenvalue weighted by molar-refractivity contribution is -0.141. The fraction of sp³-hybridized carbons (Fsp3) is 0.364. The molecule has 0 radical (unpaired) electrons. The van der Waals surface area contributed by atoms with E-state index in [1.54, 1.807) is 6.92 Å². The molecule has 0 bridgehead atoms. The van der Waals surface area contributed by atoms with Gasteiger partial charge in [-0.25, -0.2) is 4.79 Å². The van der Waals surface area contributed by atoms with E-state index in [4.69, 9.17) is 5.11 Å². The number of nitrogens with one attached hydrogen (secondary N) is 1. The van der Waals surface area contributed by atoms with Crippen LogP contribution in [0.5, 0.6) is 0 Å². The zero-order valence-corrected chi connectivity index (χ0v) is 9.85. The summed E-state index contributed by atoms with van der Waals surface area (Å²) in [4.78, 5) is 37.2. The predicted octanol–water partition coefficient (Wildman–Crippen LogP) is 0.228. The van der Waals surface area contributed by atoms with Crippen LogP contribution < -0.4 is 5.56 Å². The average Bonchev–Trinajstić information content (AvgIpc) is 2.26. The summed E-state index contributed by atoms with van der Waals surface area (Å²) in [7, 11) is 1.41. The molecule has 6 nitrogen and oxygen atoms in total. The van der Waals surface area contributed by atoms with Crippen LogP contribution in [0.3, 0.4) is 0 Å². The third-order valence-corrected chi connectivity index (χ3v) is 2.62. The number of carbonyl (C=O) groups is 2. The number of nitrogens with zero attached hydrogens (tertiary/aromatic N) is 1. The molecule has 0 saturated heterocycles. The molecule has 2 N–H and O–H groups in total. The van der Waals surface area contributed by atoms with Crippen LogP contribution in [0.25, 0.3) is 0 Å². The van der Waals surface area contributed by atoms with Gasteiger partial charge in [0.1, 0.15) is 6.04 Å². The van der Waals surface area contributed by atoms with Crippen LogP contribution in [0, 0.1) is 6.92 Å². The van der Waals surface area contributed by atoms with Crippen molar-refractivity contribution in [2.24, 2.45) is 0 Å². The number of likely N-dealkylation sites (N-methyl/N-ethyl adjacent to an activating group) is 1. The van der Waals surface area contributed by atoms with Crippen LogP contribution >= 0.6 is 0 Å². The number of hydrogen-bond donors (Lipinski definition) is 2. The second-order valence-electron chi connectivity index (χ2n) is 3.82. The van der Waals surface area contributed by atoms with Gasteiger partial charge >= 0.3 is 5.97 Å². The highest BCUT2D eigenvalue weighted by Gasteiger charge is 2.23. The second-order valence-corrected chi connectivity index (χ2v) is 3.82. The monoisotopic (exact) mass is 238 g/mol. The molecule has 0 aliphatic heterocycles. The van der Waals surface area contributed by atoms with Crippen LogP contribution in [-0.4, -0.2) is 40.0 Å². The van der Waals surface area contributed by atoms with Crippen LogP contribution in [0.2, 0.25) is 0 Å². The van der Waals surface area contributed by atoms with Crippen molar-refractivity contribution in [3.63, 3.8) is 0 Å². The molecule has 17 heavy (non-hydrogen) atoms. The fourth-order valence-corrected chi connectivity index (χ4v) is 1.34. The number of pyridine rings is 1. The van der Waals surface area contributed by atoms with E-state index in [-0.39, 0.29) is 5.56 Å². The van der Waals surface area contributed by atoms with Crippen molar-refractivity contribution in [2.75, 3.05) is 7.05 Å². The number of aryl methyl sites for hydroxylation is 1. The number of rotatable bonds is 3. The maximum atomic E-state index is 12.0. The van der Waals surface area contributed by atoms with Crippen molar-refractivity contribution in [3.05, 3.63) is 33.7 Å². The molecule has 1 aromatic heterocycles. The fourth-order valence-electron chi connectivity index (χ4n) is 1.34. The molecule has 6 heteroatoms. The largest absolute Gasteiger partial charge is 0.480 e. The first kappa shape index (κ1) is 13.0. The first-order chi connectivity index (χ1) is 7.84. The predicted molar refractivity (Wildman–Crippen MR) is 61.0 cm³/mol. The molecule has 0 aliphatic rings. The molecule has 1 rings (SSSR count). The van der Waals surface area contributed by atoms with E-state index in [2.05, 4.69) is 4.98 Å². The van der Waals surface area contributed by atoms with Crippen molar-refractivity contribution < 1.29 is 14.7 Å². The van der Waals surface area contributed by atoms with Gasteiger partial charge in [-0.15, -0.1) is 0 Å². The molecule has 1 amide bonds. The Kier molecular flexibility index (Phi) is 3.67. The number of aliphatic carboxylic acids is 1. The minimum Gasteiger partial charge on any atom is -0.480 e. The number of amides is 1. The summed E-state index contributed by atoms with van der Waals surface area (Å²) in [5.41, 5.74) is 0.511. The third-order valence-electron chi connectivity index (χ3n) is 2.62. The van der Waals surface area contributed by atoms with E-state index in [9.17, 15) is 14.4 Å². The summed E-state index contributed by atoms with van der Waals surface area (Å²) in [6.45, 7) is 3.04. The minimum atomic E-state index is -1.08. The number of aromatic amines is 1. The van der Waals surface area contributed by atoms with E-state index >= 15 is 0 Å². The normalized spacial score (nSPS) is 11.9. The first-order valence-electron chi connectivity index (χ1n) is 5.04. The van der Waals surface area contributed by atoms with Gasteiger partial charge in [0.05, 0.1) is 5.56 Å². The molecule has 1 unspecified atom stereocenters. The lowest BCUT2D eigenvalue weighted by Crippen LogP contribution is -2.40. The van der Waals surface area contributed by atoms with Gasteiger partial charge in [0.2, 0.25) is 5.56 Å². The van der Waals surface area contributed by atoms with E-state index in [0.29, 0.717) is 11.1 Å². The highest BCUT2D eigenvalue weighted by atomic mass is 16.4. The minimum absolute atomic E-state index is 0.292. The Labute approximate surface area is 97.9 Å². The molecule has 0 fully saturated rings. The smallest absolute Gasteiger partial charge is 0.326 e. The number of carbonyl (C=O) groups excluding carboxylic acids is 1. The third kappa shape index (κ3) is 2.72. The van der Waals surface area contributed by atoms with Crippen molar-refractivity contribution >= 4 is 11.9 Å². The highest BCUT2D eigenvalue weighted by molar-refractivity contribution is 5.97. The molecule has 92 valence electrons. The molecular weight excluding hydrogens is 224 g/mol. The molecule has 1 aromatic rings. The Morgan fingerprint density at radius 1 is 1.47 bits per heavy atom. The summed E-state index contributed by atoms with van der Waals surface area (Å²) in [6, 6.07) is 0.376. The lowest BCUT2D eigenvalue weighted by atomic mass is 10.1. The van der Waals surface area contributed by atoms with Crippen LogP contribution in [-0.2, 0) is 4.79 Å². The highest BCUT2D eigenvalue weighted by Crippen LogP contribution is 2.09. The number of hydrogen-bond acceptors (Lipinski definition) is 3. The zero-order valence-electron chi connectivity index (χ0n) is 9.85. The van der Waals surface area contributed by atoms with Crippen molar-refractivity contribution in [1.82, 2.24) is 9.88 Å². The van der Waals surface area contributed by atoms with Crippen LogP contribution in [0.1, 0.15) is 22.8 Å². The van der Waals surface area contributed by atoms with Crippen LogP contribution in [0.15, 0.2) is 17.1 Å². The zero-order chi connectivity index (χ0) is 13.2. The van der Waals surface area contributed by atoms with Crippen molar-refractivity contribution in [2.45, 2.75) is 19.9 Å². The SMILES string of the molecule is Cc1cc(=O)[nH]cc1C(=O)N(C)C(C)C(=O)O. The summed E-state index contributed by atoms with van der Waals surface area (Å²) in [6.07, 6.45) is 1.30. The maximum absolute atomic E-state index is 12.0. The Hall–Kier alpha value is -2.11. The number of aromatic nitrogens is 1. The van der Waals surface area contributed by atoms with Gasteiger partial charge < -0.3 is 15.0 Å². The van der Waals surface area contributed by atoms with Gasteiger partial charge in [0.15, 0.2) is 0 Å². The Bertz CT molecular complexity index is 506. The standard InChI is InChI=1S/C11H14N2O4/c1-6-4-9(14)12-5-8(6)10(15)13(3)7(2)11(16)17/h4-5,7H,1-3H3,(H,12,14)(H,16,17). The molecule has 1 atom stereocenters. The summed E-state index contributed by atoms with van der Waals surface area (Å²) in [5.74, 6) is -1.52. The quantitative estimate of drug-likeness (QED) is 0.788. The van der Waals surface area contributed by atoms with E-state index in [0.717, 1.165) is 4.90 Å². The maximum Gasteiger partial charge on any atom is 0.326 e. The van der Waals surface area contributed by atoms with Gasteiger partial charge in [-0.05, 0) is 19.4 Å². The van der Waals surface area contributed by atoms with Crippen LogP contribution in [0.4, 0.5) is 0 Å². The van der Waals surface area contributed by atoms with E-state index < -0.39 is 17.9 Å². The molecule has 0 aromatic carbocycles. The van der Waals surface area contributed by atoms with Gasteiger partial charge in [-0.1, -0.05) is 0 Å². The first-order valence-corrected chi connectivity index (χ1v) is 5.04. The van der Waals surface area contributed by atoms with E-state index in [1.165, 1.54) is 26.2 Å². The Morgan fingerprint density at radius 2 is 2.06 bits per heavy atom. The Morgan fingerprint density at radius 3 is 2.53 bits per heavy atom. The average molecular weight is 238 g/mol. The molecule has 0 saturated carbocycles.